The molecule has 1 fully saturated rings. The molecule has 1 aliphatic heterocycles. The summed E-state index contributed by atoms with van der Waals surface area (Å²) in [5, 5.41) is 0.504. The molecule has 2 unspecified atom stereocenters. The number of benzene rings is 1. The molecule has 10 heteroatoms. The standard InChI is InChI=1S/C21H27N3O6S/c1-4-24(15-11-12-31(28,29)13-15)20(26)14(2)30-19(25)10-9-18-22-17-8-6-5-7-16(17)21(27)23(18)3/h5-8,14-15H,4,9-13H2,1-3H3. The van der Waals surface area contributed by atoms with E-state index in [1.54, 1.807) is 38.2 Å². The third-order valence-corrected chi connectivity index (χ3v) is 7.31. The molecule has 0 bridgehead atoms. The summed E-state index contributed by atoms with van der Waals surface area (Å²) in [6.45, 7) is 3.59. The Morgan fingerprint density at radius 3 is 2.68 bits per heavy atom. The van der Waals surface area contributed by atoms with E-state index in [4.69, 9.17) is 4.74 Å². The van der Waals surface area contributed by atoms with Gasteiger partial charge < -0.3 is 9.64 Å². The minimum atomic E-state index is -3.13. The fraction of sp³-hybridized carbons (Fsp3) is 0.524. The topological polar surface area (TPSA) is 116 Å². The summed E-state index contributed by atoms with van der Waals surface area (Å²) in [5.41, 5.74) is 0.366. The summed E-state index contributed by atoms with van der Waals surface area (Å²) in [6.07, 6.45) is -0.483. The number of ether oxygens (including phenoxy) is 1. The van der Waals surface area contributed by atoms with Gasteiger partial charge in [0.05, 0.1) is 28.8 Å². The van der Waals surface area contributed by atoms with Gasteiger partial charge in [0.1, 0.15) is 5.82 Å². The molecule has 1 aromatic heterocycles. The maximum atomic E-state index is 12.7. The fourth-order valence-corrected chi connectivity index (χ4v) is 5.59. The fourth-order valence-electron chi connectivity index (χ4n) is 3.86. The van der Waals surface area contributed by atoms with Gasteiger partial charge in [0.15, 0.2) is 15.9 Å². The number of hydrogen-bond donors (Lipinski definition) is 0. The highest BCUT2D eigenvalue weighted by Gasteiger charge is 2.36. The Labute approximate surface area is 180 Å². The van der Waals surface area contributed by atoms with E-state index < -0.39 is 27.8 Å². The second-order valence-corrected chi connectivity index (χ2v) is 9.95. The Bertz CT molecular complexity index is 1160. The molecule has 0 saturated carbocycles. The number of aromatic nitrogens is 2. The average molecular weight is 450 g/mol. The number of carbonyl (C=O) groups is 2. The maximum absolute atomic E-state index is 12.7. The molecule has 0 radical (unpaired) electrons. The van der Waals surface area contributed by atoms with Crippen molar-refractivity contribution in [3.63, 3.8) is 0 Å². The number of para-hydroxylation sites is 1. The van der Waals surface area contributed by atoms with E-state index in [-0.39, 0.29) is 35.9 Å². The zero-order chi connectivity index (χ0) is 22.8. The van der Waals surface area contributed by atoms with Gasteiger partial charge in [-0.1, -0.05) is 12.1 Å². The number of nitrogens with zero attached hydrogens (tertiary/aromatic N) is 3. The highest BCUT2D eigenvalue weighted by atomic mass is 32.2. The molecular weight excluding hydrogens is 422 g/mol. The van der Waals surface area contributed by atoms with Crippen LogP contribution in [0.2, 0.25) is 0 Å². The molecule has 2 atom stereocenters. The van der Waals surface area contributed by atoms with E-state index >= 15 is 0 Å². The molecule has 3 rings (SSSR count). The Morgan fingerprint density at radius 2 is 2.03 bits per heavy atom. The SMILES string of the molecule is CCN(C(=O)C(C)OC(=O)CCc1nc2ccccc2c(=O)n1C)C1CCS(=O)(=O)C1. The molecule has 0 N–H and O–H groups in total. The predicted octanol–water partition coefficient (Wildman–Crippen LogP) is 0.833. The first-order chi connectivity index (χ1) is 14.6. The first-order valence-corrected chi connectivity index (χ1v) is 12.1. The van der Waals surface area contributed by atoms with Crippen LogP contribution in [0.4, 0.5) is 0 Å². The molecular formula is C21H27N3O6S. The van der Waals surface area contributed by atoms with Gasteiger partial charge in [-0.25, -0.2) is 13.4 Å². The molecule has 1 amide bonds. The van der Waals surface area contributed by atoms with Gasteiger partial charge in [-0.15, -0.1) is 0 Å². The molecule has 0 spiro atoms. The molecule has 9 nitrogen and oxygen atoms in total. The minimum Gasteiger partial charge on any atom is -0.453 e. The van der Waals surface area contributed by atoms with Crippen LogP contribution in [-0.4, -0.2) is 64.9 Å². The van der Waals surface area contributed by atoms with Crippen molar-refractivity contribution in [3.8, 4) is 0 Å². The zero-order valence-electron chi connectivity index (χ0n) is 17.9. The number of rotatable bonds is 7. The van der Waals surface area contributed by atoms with E-state index in [0.29, 0.717) is 29.7 Å². The Kier molecular flexibility index (Phi) is 6.78. The number of sulfone groups is 1. The van der Waals surface area contributed by atoms with Crippen LogP contribution >= 0.6 is 0 Å². The van der Waals surface area contributed by atoms with E-state index in [9.17, 15) is 22.8 Å². The molecule has 1 aliphatic rings. The average Bonchev–Trinajstić information content (AvgIpc) is 3.09. The molecule has 0 aliphatic carbocycles. The second kappa shape index (κ2) is 9.17. The van der Waals surface area contributed by atoms with Crippen molar-refractivity contribution in [1.82, 2.24) is 14.5 Å². The van der Waals surface area contributed by atoms with Crippen molar-refractivity contribution >= 4 is 32.6 Å². The lowest BCUT2D eigenvalue weighted by atomic mass is 10.2. The van der Waals surface area contributed by atoms with Crippen molar-refractivity contribution in [2.75, 3.05) is 18.1 Å². The van der Waals surface area contributed by atoms with E-state index in [2.05, 4.69) is 4.98 Å². The number of amides is 1. The molecule has 1 saturated heterocycles. The number of carbonyl (C=O) groups excluding carboxylic acids is 2. The number of aryl methyl sites for hydroxylation is 1. The number of esters is 1. The van der Waals surface area contributed by atoms with Gasteiger partial charge in [0.25, 0.3) is 11.5 Å². The first-order valence-electron chi connectivity index (χ1n) is 10.3. The van der Waals surface area contributed by atoms with Gasteiger partial charge in [-0.3, -0.25) is 19.0 Å². The quantitative estimate of drug-likeness (QED) is 0.575. The van der Waals surface area contributed by atoms with Gasteiger partial charge in [-0.05, 0) is 32.4 Å². The van der Waals surface area contributed by atoms with Crippen LogP contribution in [0.15, 0.2) is 29.1 Å². The molecule has 2 aromatic rings. The molecule has 31 heavy (non-hydrogen) atoms. The van der Waals surface area contributed by atoms with E-state index in [1.165, 1.54) is 16.4 Å². The van der Waals surface area contributed by atoms with Crippen molar-refractivity contribution in [1.29, 1.82) is 0 Å². The minimum absolute atomic E-state index is 0.0415. The molecule has 1 aromatic carbocycles. The van der Waals surface area contributed by atoms with Crippen molar-refractivity contribution in [2.45, 2.75) is 45.3 Å². The van der Waals surface area contributed by atoms with Crippen molar-refractivity contribution in [3.05, 3.63) is 40.4 Å². The Balaban J connectivity index is 1.61. The van der Waals surface area contributed by atoms with Crippen LogP contribution in [-0.2, 0) is 37.6 Å². The highest BCUT2D eigenvalue weighted by molar-refractivity contribution is 7.91. The van der Waals surface area contributed by atoms with Crippen LogP contribution in [0.5, 0.6) is 0 Å². The largest absolute Gasteiger partial charge is 0.453 e. The van der Waals surface area contributed by atoms with Gasteiger partial charge >= 0.3 is 5.97 Å². The van der Waals surface area contributed by atoms with Crippen molar-refractivity contribution in [2.24, 2.45) is 7.05 Å². The summed E-state index contributed by atoms with van der Waals surface area (Å²) >= 11 is 0. The highest BCUT2D eigenvalue weighted by Crippen LogP contribution is 2.19. The van der Waals surface area contributed by atoms with E-state index in [1.807, 2.05) is 0 Å². The van der Waals surface area contributed by atoms with Crippen LogP contribution in [0.1, 0.15) is 32.5 Å². The van der Waals surface area contributed by atoms with Crippen LogP contribution in [0, 0.1) is 0 Å². The number of hydrogen-bond acceptors (Lipinski definition) is 7. The maximum Gasteiger partial charge on any atom is 0.307 e. The van der Waals surface area contributed by atoms with Crippen LogP contribution in [0.3, 0.4) is 0 Å². The smallest absolute Gasteiger partial charge is 0.307 e. The Morgan fingerprint density at radius 1 is 1.32 bits per heavy atom. The van der Waals surface area contributed by atoms with Crippen LogP contribution in [0.25, 0.3) is 10.9 Å². The molecule has 168 valence electrons. The third kappa shape index (κ3) is 5.12. The number of fused-ring (bicyclic) bond motifs is 1. The van der Waals surface area contributed by atoms with Gasteiger partial charge in [-0.2, -0.15) is 0 Å². The summed E-state index contributed by atoms with van der Waals surface area (Å²) in [4.78, 5) is 43.4. The summed E-state index contributed by atoms with van der Waals surface area (Å²) < 4.78 is 30.2. The van der Waals surface area contributed by atoms with Gasteiger partial charge in [0, 0.05) is 26.1 Å². The molecule has 2 heterocycles. The normalized spacial score (nSPS) is 18.6. The van der Waals surface area contributed by atoms with Crippen LogP contribution < -0.4 is 5.56 Å². The Hall–Kier alpha value is -2.75. The summed E-state index contributed by atoms with van der Waals surface area (Å²) in [5.74, 6) is -0.541. The zero-order valence-corrected chi connectivity index (χ0v) is 18.7. The van der Waals surface area contributed by atoms with E-state index in [0.717, 1.165) is 0 Å². The second-order valence-electron chi connectivity index (χ2n) is 7.72. The number of likely N-dealkylation sites (N-methyl/N-ethyl adjacent to an activating group) is 1. The third-order valence-electron chi connectivity index (χ3n) is 5.56. The summed E-state index contributed by atoms with van der Waals surface area (Å²) in [7, 11) is -1.53. The first kappa shape index (κ1) is 22.9. The predicted molar refractivity (Wildman–Crippen MR) is 115 cm³/mol. The lowest BCUT2D eigenvalue weighted by molar-refractivity contribution is -0.160. The lowest BCUT2D eigenvalue weighted by Crippen LogP contribution is -2.46. The monoisotopic (exact) mass is 449 g/mol. The summed E-state index contributed by atoms with van der Waals surface area (Å²) in [6, 6.07) is 6.60. The van der Waals surface area contributed by atoms with Gasteiger partial charge in [0.2, 0.25) is 0 Å². The van der Waals surface area contributed by atoms with Crippen molar-refractivity contribution < 1.29 is 22.7 Å². The lowest BCUT2D eigenvalue weighted by Gasteiger charge is -2.29.